The van der Waals surface area contributed by atoms with Crippen LogP contribution >= 0.6 is 11.6 Å². The van der Waals surface area contributed by atoms with E-state index in [4.69, 9.17) is 26.0 Å². The molecule has 0 radical (unpaired) electrons. The number of aromatic nitrogens is 1. The van der Waals surface area contributed by atoms with Gasteiger partial charge in [0, 0.05) is 5.56 Å². The third kappa shape index (κ3) is 1.86. The number of nitriles is 1. The van der Waals surface area contributed by atoms with Gasteiger partial charge in [0.2, 0.25) is 11.1 Å². The Morgan fingerprint density at radius 3 is 2.56 bits per heavy atom. The topological polar surface area (TPSA) is 59.0 Å². The van der Waals surface area contributed by atoms with E-state index in [1.165, 1.54) is 0 Å². The summed E-state index contributed by atoms with van der Waals surface area (Å²) >= 11 is 5.68. The van der Waals surface area contributed by atoms with Gasteiger partial charge in [0.25, 0.3) is 0 Å². The van der Waals surface area contributed by atoms with Crippen molar-refractivity contribution >= 4 is 11.6 Å². The van der Waals surface area contributed by atoms with Gasteiger partial charge in [-0.15, -0.1) is 0 Å². The Morgan fingerprint density at radius 1 is 1.38 bits per heavy atom. The van der Waals surface area contributed by atoms with Crippen LogP contribution in [0.1, 0.15) is 5.69 Å². The molecule has 0 aliphatic carbocycles. The van der Waals surface area contributed by atoms with Crippen molar-refractivity contribution < 1.29 is 9.15 Å². The molecule has 0 saturated carbocycles. The molecule has 1 aromatic carbocycles. The van der Waals surface area contributed by atoms with Crippen LogP contribution in [-0.2, 0) is 0 Å². The lowest BCUT2D eigenvalue weighted by Gasteiger charge is -1.99. The van der Waals surface area contributed by atoms with E-state index in [9.17, 15) is 0 Å². The molecule has 1 heterocycles. The number of methoxy groups -OCH3 is 1. The Bertz CT molecular complexity index is 540. The van der Waals surface area contributed by atoms with Crippen molar-refractivity contribution in [3.63, 3.8) is 0 Å². The molecule has 0 bridgehead atoms. The van der Waals surface area contributed by atoms with Crippen LogP contribution in [0, 0.1) is 11.3 Å². The second kappa shape index (κ2) is 4.25. The van der Waals surface area contributed by atoms with Crippen LogP contribution in [0.4, 0.5) is 0 Å². The van der Waals surface area contributed by atoms with Gasteiger partial charge < -0.3 is 9.15 Å². The van der Waals surface area contributed by atoms with Crippen LogP contribution in [0.3, 0.4) is 0 Å². The molecule has 80 valence electrons. The normalized spacial score (nSPS) is 9.81. The van der Waals surface area contributed by atoms with Gasteiger partial charge in [0.15, 0.2) is 5.69 Å². The van der Waals surface area contributed by atoms with E-state index < -0.39 is 0 Å². The van der Waals surface area contributed by atoms with Gasteiger partial charge in [0.05, 0.1) is 7.11 Å². The first kappa shape index (κ1) is 10.5. The second-order valence-corrected chi connectivity index (χ2v) is 3.32. The van der Waals surface area contributed by atoms with Crippen molar-refractivity contribution in [1.82, 2.24) is 4.98 Å². The number of ether oxygens (including phenoxy) is 1. The van der Waals surface area contributed by atoms with Gasteiger partial charge in [-0.25, -0.2) is 0 Å². The minimum Gasteiger partial charge on any atom is -0.497 e. The molecular weight excluding hydrogens is 228 g/mol. The lowest BCUT2D eigenvalue weighted by Crippen LogP contribution is -1.82. The summed E-state index contributed by atoms with van der Waals surface area (Å²) in [5.41, 5.74) is 0.830. The lowest BCUT2D eigenvalue weighted by molar-refractivity contribution is 0.415. The molecule has 0 fully saturated rings. The summed E-state index contributed by atoms with van der Waals surface area (Å²) in [6.45, 7) is 0. The van der Waals surface area contributed by atoms with Crippen LogP contribution < -0.4 is 4.74 Å². The van der Waals surface area contributed by atoms with Crippen molar-refractivity contribution in [3.8, 4) is 23.3 Å². The van der Waals surface area contributed by atoms with E-state index in [0.717, 1.165) is 11.3 Å². The van der Waals surface area contributed by atoms with Crippen LogP contribution in [0.25, 0.3) is 11.5 Å². The average Bonchev–Trinajstić information content (AvgIpc) is 2.71. The molecule has 0 amide bonds. The van der Waals surface area contributed by atoms with Crippen molar-refractivity contribution in [1.29, 1.82) is 5.26 Å². The van der Waals surface area contributed by atoms with Crippen LogP contribution in [0.2, 0.25) is 5.22 Å². The predicted octanol–water partition coefficient (Wildman–Crippen LogP) is 2.88. The number of oxazole rings is 1. The highest BCUT2D eigenvalue weighted by molar-refractivity contribution is 6.29. The van der Waals surface area contributed by atoms with Gasteiger partial charge >= 0.3 is 0 Å². The van der Waals surface area contributed by atoms with Crippen LogP contribution in [0.15, 0.2) is 28.7 Å². The van der Waals surface area contributed by atoms with E-state index in [0.29, 0.717) is 5.89 Å². The number of benzene rings is 1. The molecule has 0 aliphatic rings. The maximum atomic E-state index is 8.68. The Labute approximate surface area is 97.0 Å². The Balaban J connectivity index is 2.39. The molecule has 0 unspecified atom stereocenters. The standard InChI is InChI=1S/C11H7ClN2O2/c1-15-8-4-2-7(3-5-8)11-14-9(6-13)10(12)16-11/h2-5H,1H3. The second-order valence-electron chi connectivity index (χ2n) is 2.98. The highest BCUT2D eigenvalue weighted by atomic mass is 35.5. The van der Waals surface area contributed by atoms with Crippen molar-refractivity contribution in [2.45, 2.75) is 0 Å². The summed E-state index contributed by atoms with van der Waals surface area (Å²) in [6, 6.07) is 8.96. The molecule has 0 atom stereocenters. The Hall–Kier alpha value is -1.99. The Kier molecular flexibility index (Phi) is 2.80. The van der Waals surface area contributed by atoms with Gasteiger partial charge in [-0.1, -0.05) is 0 Å². The molecule has 4 nitrogen and oxygen atoms in total. The highest BCUT2D eigenvalue weighted by Gasteiger charge is 2.12. The molecule has 2 rings (SSSR count). The van der Waals surface area contributed by atoms with E-state index >= 15 is 0 Å². The largest absolute Gasteiger partial charge is 0.497 e. The molecule has 0 spiro atoms. The zero-order valence-electron chi connectivity index (χ0n) is 8.40. The molecule has 0 aliphatic heterocycles. The van der Waals surface area contributed by atoms with Gasteiger partial charge in [-0.2, -0.15) is 10.2 Å². The number of nitrogens with zero attached hydrogens (tertiary/aromatic N) is 2. The summed E-state index contributed by atoms with van der Waals surface area (Å²) in [4.78, 5) is 3.95. The van der Waals surface area contributed by atoms with E-state index in [1.807, 2.05) is 6.07 Å². The summed E-state index contributed by atoms with van der Waals surface area (Å²) in [6.07, 6.45) is 0. The van der Waals surface area contributed by atoms with E-state index in [2.05, 4.69) is 4.98 Å². The van der Waals surface area contributed by atoms with Crippen LogP contribution in [-0.4, -0.2) is 12.1 Å². The first-order valence-electron chi connectivity index (χ1n) is 4.45. The zero-order chi connectivity index (χ0) is 11.5. The lowest BCUT2D eigenvalue weighted by atomic mass is 10.2. The van der Waals surface area contributed by atoms with E-state index in [1.54, 1.807) is 31.4 Å². The number of hydrogen-bond acceptors (Lipinski definition) is 4. The average molecular weight is 235 g/mol. The molecule has 0 N–H and O–H groups in total. The summed E-state index contributed by atoms with van der Waals surface area (Å²) < 4.78 is 10.2. The first-order valence-corrected chi connectivity index (χ1v) is 4.83. The summed E-state index contributed by atoms with van der Waals surface area (Å²) in [5, 5.41) is 8.69. The molecular formula is C11H7ClN2O2. The van der Waals surface area contributed by atoms with Gasteiger partial charge in [0.1, 0.15) is 11.8 Å². The summed E-state index contributed by atoms with van der Waals surface area (Å²) in [7, 11) is 1.59. The molecule has 1 aromatic heterocycles. The minimum atomic E-state index is 0.00770. The SMILES string of the molecule is COc1ccc(-c2nc(C#N)c(Cl)o2)cc1. The van der Waals surface area contributed by atoms with Crippen molar-refractivity contribution in [2.24, 2.45) is 0 Å². The molecule has 16 heavy (non-hydrogen) atoms. The number of rotatable bonds is 2. The third-order valence-corrected chi connectivity index (χ3v) is 2.28. The Morgan fingerprint density at radius 2 is 2.06 bits per heavy atom. The van der Waals surface area contributed by atoms with Gasteiger partial charge in [-0.3, -0.25) is 0 Å². The zero-order valence-corrected chi connectivity index (χ0v) is 9.15. The van der Waals surface area contributed by atoms with E-state index in [-0.39, 0.29) is 10.9 Å². The van der Waals surface area contributed by atoms with Crippen LogP contribution in [0.5, 0.6) is 5.75 Å². The number of halogens is 1. The minimum absolute atomic E-state index is 0.00770. The molecule has 5 heteroatoms. The van der Waals surface area contributed by atoms with Crippen molar-refractivity contribution in [2.75, 3.05) is 7.11 Å². The highest BCUT2D eigenvalue weighted by Crippen LogP contribution is 2.26. The fourth-order valence-electron chi connectivity index (χ4n) is 1.23. The fraction of sp³-hybridized carbons (Fsp3) is 0.0909. The monoisotopic (exact) mass is 234 g/mol. The maximum absolute atomic E-state index is 8.68. The quantitative estimate of drug-likeness (QED) is 0.802. The number of hydrogen-bond donors (Lipinski definition) is 0. The van der Waals surface area contributed by atoms with Crippen molar-refractivity contribution in [3.05, 3.63) is 35.2 Å². The van der Waals surface area contributed by atoms with Gasteiger partial charge in [-0.05, 0) is 35.9 Å². The third-order valence-electron chi connectivity index (χ3n) is 2.03. The smallest absolute Gasteiger partial charge is 0.232 e. The summed E-state index contributed by atoms with van der Waals surface area (Å²) in [5.74, 6) is 1.06. The predicted molar refractivity (Wildman–Crippen MR) is 58.2 cm³/mol. The molecule has 2 aromatic rings. The molecule has 0 saturated heterocycles. The fourth-order valence-corrected chi connectivity index (χ4v) is 1.39. The maximum Gasteiger partial charge on any atom is 0.232 e. The first-order chi connectivity index (χ1) is 7.74.